The van der Waals surface area contributed by atoms with Crippen molar-refractivity contribution in [2.75, 3.05) is 10.6 Å². The van der Waals surface area contributed by atoms with E-state index in [4.69, 9.17) is 0 Å². The average Bonchev–Trinajstić information content (AvgIpc) is 3.10. The molecule has 1 aliphatic rings. The number of halogens is 1. The van der Waals surface area contributed by atoms with Gasteiger partial charge in [0.1, 0.15) is 5.82 Å². The standard InChI is InChI=1S/C22H21FN4O2/c1-2-4-20-19(13-24-27(20)17-6-3-5-16(23)12-17)26-22(29)15-7-9-18-14(11-15)8-10-21(28)25-18/h3,5-7,9,11-13H,2,4,8,10H2,1H3,(H,25,28)(H,26,29). The average molecular weight is 392 g/mol. The molecule has 148 valence electrons. The molecule has 2 heterocycles. The summed E-state index contributed by atoms with van der Waals surface area (Å²) < 4.78 is 15.3. The Morgan fingerprint density at radius 1 is 1.24 bits per heavy atom. The van der Waals surface area contributed by atoms with Gasteiger partial charge in [-0.05, 0) is 54.8 Å². The largest absolute Gasteiger partial charge is 0.326 e. The van der Waals surface area contributed by atoms with E-state index >= 15 is 0 Å². The summed E-state index contributed by atoms with van der Waals surface area (Å²) in [7, 11) is 0. The smallest absolute Gasteiger partial charge is 0.255 e. The molecule has 7 heteroatoms. The fourth-order valence-electron chi connectivity index (χ4n) is 3.51. The fraction of sp³-hybridized carbons (Fsp3) is 0.227. The molecule has 0 saturated carbocycles. The molecule has 0 aliphatic carbocycles. The molecule has 0 saturated heterocycles. The van der Waals surface area contributed by atoms with E-state index in [1.807, 2.05) is 6.92 Å². The highest BCUT2D eigenvalue weighted by Crippen LogP contribution is 2.25. The fourth-order valence-corrected chi connectivity index (χ4v) is 3.51. The number of carbonyl (C=O) groups is 2. The highest BCUT2D eigenvalue weighted by Gasteiger charge is 2.19. The van der Waals surface area contributed by atoms with Crippen molar-refractivity contribution >= 4 is 23.2 Å². The highest BCUT2D eigenvalue weighted by atomic mass is 19.1. The summed E-state index contributed by atoms with van der Waals surface area (Å²) in [6, 6.07) is 11.5. The molecule has 2 N–H and O–H groups in total. The van der Waals surface area contributed by atoms with Crippen LogP contribution in [0.2, 0.25) is 0 Å². The molecule has 2 amide bonds. The Morgan fingerprint density at radius 2 is 2.10 bits per heavy atom. The van der Waals surface area contributed by atoms with Crippen LogP contribution in [-0.4, -0.2) is 21.6 Å². The van der Waals surface area contributed by atoms with Crippen LogP contribution in [0.4, 0.5) is 15.8 Å². The topological polar surface area (TPSA) is 76.0 Å². The number of benzene rings is 2. The first-order valence-electron chi connectivity index (χ1n) is 9.62. The molecule has 0 atom stereocenters. The predicted molar refractivity (Wildman–Crippen MR) is 109 cm³/mol. The summed E-state index contributed by atoms with van der Waals surface area (Å²) >= 11 is 0. The van der Waals surface area contributed by atoms with Gasteiger partial charge in [0.05, 0.1) is 23.3 Å². The van der Waals surface area contributed by atoms with Crippen molar-refractivity contribution in [2.24, 2.45) is 0 Å². The van der Waals surface area contributed by atoms with Gasteiger partial charge in [-0.2, -0.15) is 5.10 Å². The van der Waals surface area contributed by atoms with E-state index in [9.17, 15) is 14.0 Å². The molecule has 4 rings (SSSR count). The van der Waals surface area contributed by atoms with Gasteiger partial charge in [-0.1, -0.05) is 19.4 Å². The van der Waals surface area contributed by atoms with Crippen LogP contribution in [0, 0.1) is 5.82 Å². The Balaban J connectivity index is 1.61. The molecule has 29 heavy (non-hydrogen) atoms. The molecule has 0 fully saturated rings. The molecule has 0 spiro atoms. The van der Waals surface area contributed by atoms with Gasteiger partial charge in [0, 0.05) is 17.7 Å². The molecular weight excluding hydrogens is 371 g/mol. The van der Waals surface area contributed by atoms with Crippen LogP contribution in [0.25, 0.3) is 5.69 Å². The van der Waals surface area contributed by atoms with Gasteiger partial charge in [-0.15, -0.1) is 0 Å². The van der Waals surface area contributed by atoms with E-state index in [1.165, 1.54) is 12.1 Å². The summed E-state index contributed by atoms with van der Waals surface area (Å²) in [5.41, 5.74) is 4.24. The number of carbonyl (C=O) groups excluding carboxylic acids is 2. The number of aromatic nitrogens is 2. The maximum absolute atomic E-state index is 13.6. The zero-order valence-electron chi connectivity index (χ0n) is 16.0. The van der Waals surface area contributed by atoms with E-state index < -0.39 is 0 Å². The predicted octanol–water partition coefficient (Wildman–Crippen LogP) is 4.10. The summed E-state index contributed by atoms with van der Waals surface area (Å²) in [6.45, 7) is 2.03. The lowest BCUT2D eigenvalue weighted by Gasteiger charge is -2.17. The van der Waals surface area contributed by atoms with Gasteiger partial charge < -0.3 is 10.6 Å². The van der Waals surface area contributed by atoms with Gasteiger partial charge in [-0.3, -0.25) is 9.59 Å². The molecule has 0 unspecified atom stereocenters. The number of nitrogens with one attached hydrogen (secondary N) is 2. The first-order valence-corrected chi connectivity index (χ1v) is 9.62. The van der Waals surface area contributed by atoms with Gasteiger partial charge in [0.25, 0.3) is 5.91 Å². The van der Waals surface area contributed by atoms with E-state index in [1.54, 1.807) is 41.2 Å². The lowest BCUT2D eigenvalue weighted by molar-refractivity contribution is -0.116. The molecule has 1 aromatic heterocycles. The maximum Gasteiger partial charge on any atom is 0.255 e. The van der Waals surface area contributed by atoms with Crippen molar-refractivity contribution < 1.29 is 14.0 Å². The van der Waals surface area contributed by atoms with Crippen molar-refractivity contribution in [1.29, 1.82) is 0 Å². The molecular formula is C22H21FN4O2. The Bertz CT molecular complexity index is 1090. The molecule has 6 nitrogen and oxygen atoms in total. The second-order valence-electron chi connectivity index (χ2n) is 7.02. The van der Waals surface area contributed by atoms with Gasteiger partial charge >= 0.3 is 0 Å². The number of anilines is 2. The molecule has 0 bridgehead atoms. The molecule has 0 radical (unpaired) electrons. The van der Waals surface area contributed by atoms with Gasteiger partial charge in [0.15, 0.2) is 0 Å². The van der Waals surface area contributed by atoms with E-state index in [2.05, 4.69) is 15.7 Å². The van der Waals surface area contributed by atoms with Crippen molar-refractivity contribution in [3.05, 3.63) is 71.3 Å². The minimum Gasteiger partial charge on any atom is -0.326 e. The first-order chi connectivity index (χ1) is 14.0. The number of rotatable bonds is 5. The van der Waals surface area contributed by atoms with E-state index in [0.29, 0.717) is 36.2 Å². The van der Waals surface area contributed by atoms with Crippen molar-refractivity contribution in [3.63, 3.8) is 0 Å². The van der Waals surface area contributed by atoms with Crippen molar-refractivity contribution in [3.8, 4) is 5.69 Å². The maximum atomic E-state index is 13.6. The second kappa shape index (κ2) is 7.87. The zero-order valence-corrected chi connectivity index (χ0v) is 16.0. The first kappa shape index (κ1) is 18.9. The lowest BCUT2D eigenvalue weighted by Crippen LogP contribution is -2.20. The normalized spacial score (nSPS) is 13.0. The third kappa shape index (κ3) is 3.89. The third-order valence-electron chi connectivity index (χ3n) is 4.92. The quantitative estimate of drug-likeness (QED) is 0.686. The minimum atomic E-state index is -0.341. The van der Waals surface area contributed by atoms with Crippen LogP contribution in [-0.2, 0) is 17.6 Å². The van der Waals surface area contributed by atoms with Crippen LogP contribution in [0.3, 0.4) is 0 Å². The molecule has 2 aromatic carbocycles. The number of nitrogens with zero attached hydrogens (tertiary/aromatic N) is 2. The van der Waals surface area contributed by atoms with Gasteiger partial charge in [-0.25, -0.2) is 9.07 Å². The van der Waals surface area contributed by atoms with Gasteiger partial charge in [0.2, 0.25) is 5.91 Å². The van der Waals surface area contributed by atoms with Crippen LogP contribution in [0.5, 0.6) is 0 Å². The number of aryl methyl sites for hydroxylation is 1. The van der Waals surface area contributed by atoms with E-state index in [-0.39, 0.29) is 17.6 Å². The highest BCUT2D eigenvalue weighted by molar-refractivity contribution is 6.05. The van der Waals surface area contributed by atoms with E-state index in [0.717, 1.165) is 23.4 Å². The Morgan fingerprint density at radius 3 is 2.90 bits per heavy atom. The number of hydrogen-bond acceptors (Lipinski definition) is 3. The van der Waals surface area contributed by atoms with Crippen LogP contribution >= 0.6 is 0 Å². The summed E-state index contributed by atoms with van der Waals surface area (Å²) in [6.07, 6.45) is 4.15. The molecule has 1 aliphatic heterocycles. The lowest BCUT2D eigenvalue weighted by atomic mass is 10.00. The number of amides is 2. The SMILES string of the molecule is CCCc1c(NC(=O)c2ccc3c(c2)CCC(=O)N3)cnn1-c1cccc(F)c1. The van der Waals surface area contributed by atoms with Crippen LogP contribution < -0.4 is 10.6 Å². The minimum absolute atomic E-state index is 0.0105. The Labute approximate surface area is 167 Å². The Hall–Kier alpha value is -3.48. The van der Waals surface area contributed by atoms with Crippen molar-refractivity contribution in [1.82, 2.24) is 9.78 Å². The van der Waals surface area contributed by atoms with Crippen LogP contribution in [0.1, 0.15) is 41.4 Å². The summed E-state index contributed by atoms with van der Waals surface area (Å²) in [5.74, 6) is -0.600. The second-order valence-corrected chi connectivity index (χ2v) is 7.02. The zero-order chi connectivity index (χ0) is 20.4. The van der Waals surface area contributed by atoms with Crippen LogP contribution in [0.15, 0.2) is 48.7 Å². The molecule has 3 aromatic rings. The monoisotopic (exact) mass is 392 g/mol. The Kier molecular flexibility index (Phi) is 5.12. The van der Waals surface area contributed by atoms with Crippen molar-refractivity contribution in [2.45, 2.75) is 32.6 Å². The third-order valence-corrected chi connectivity index (χ3v) is 4.92. The summed E-state index contributed by atoms with van der Waals surface area (Å²) in [4.78, 5) is 24.3. The summed E-state index contributed by atoms with van der Waals surface area (Å²) in [5, 5.41) is 10.1. The number of fused-ring (bicyclic) bond motifs is 1. The number of hydrogen-bond donors (Lipinski definition) is 2.